The lowest BCUT2D eigenvalue weighted by molar-refractivity contribution is -0.116. The van der Waals surface area contributed by atoms with Crippen LogP contribution >= 0.6 is 0 Å². The molecular formula is C23H19N3O7S. The molecule has 0 atom stereocenters. The highest BCUT2D eigenvalue weighted by atomic mass is 32.2. The monoisotopic (exact) mass is 481 g/mol. The van der Waals surface area contributed by atoms with Crippen LogP contribution in [0.1, 0.15) is 0 Å². The molecule has 2 N–H and O–H groups in total. The van der Waals surface area contributed by atoms with Gasteiger partial charge in [-0.2, -0.15) is 0 Å². The van der Waals surface area contributed by atoms with Gasteiger partial charge in [0, 0.05) is 17.4 Å². The average Bonchev–Trinajstić information content (AvgIpc) is 3.14. The Bertz CT molecular complexity index is 1540. The molecule has 0 fully saturated rings. The molecule has 34 heavy (non-hydrogen) atoms. The number of sulfonamides is 1. The molecule has 11 heteroatoms. The molecule has 4 aromatic rings. The van der Waals surface area contributed by atoms with Gasteiger partial charge >= 0.3 is 5.76 Å². The summed E-state index contributed by atoms with van der Waals surface area (Å²) >= 11 is 0. The first-order chi connectivity index (χ1) is 16.4. The molecule has 1 aliphatic rings. The normalized spacial score (nSPS) is 12.9. The maximum atomic E-state index is 12.7. The number of hydrogen-bond donors (Lipinski definition) is 2. The van der Waals surface area contributed by atoms with E-state index in [4.69, 9.17) is 13.9 Å². The lowest BCUT2D eigenvalue weighted by Crippen LogP contribution is -2.24. The van der Waals surface area contributed by atoms with E-state index in [0.29, 0.717) is 47.2 Å². The van der Waals surface area contributed by atoms with Crippen molar-refractivity contribution >= 4 is 38.4 Å². The van der Waals surface area contributed by atoms with Crippen LogP contribution < -0.4 is 25.3 Å². The lowest BCUT2D eigenvalue weighted by Gasteiger charge is -2.19. The van der Waals surface area contributed by atoms with Crippen LogP contribution in [0.25, 0.3) is 11.1 Å². The highest BCUT2D eigenvalue weighted by Crippen LogP contribution is 2.32. The van der Waals surface area contributed by atoms with E-state index < -0.39 is 21.7 Å². The number of aromatic nitrogens is 1. The van der Waals surface area contributed by atoms with Gasteiger partial charge in [0.1, 0.15) is 19.8 Å². The summed E-state index contributed by atoms with van der Waals surface area (Å²) in [6.07, 6.45) is 0. The van der Waals surface area contributed by atoms with E-state index in [0.717, 1.165) is 0 Å². The van der Waals surface area contributed by atoms with Gasteiger partial charge in [0.15, 0.2) is 17.1 Å². The van der Waals surface area contributed by atoms with Crippen molar-refractivity contribution in [3.63, 3.8) is 0 Å². The van der Waals surface area contributed by atoms with Gasteiger partial charge in [0.05, 0.1) is 10.4 Å². The van der Waals surface area contributed by atoms with Crippen LogP contribution in [-0.4, -0.2) is 32.1 Å². The number of fused-ring (bicyclic) bond motifs is 2. The molecule has 3 aromatic carbocycles. The number of para-hydroxylation sites is 2. The summed E-state index contributed by atoms with van der Waals surface area (Å²) in [5, 5.41) is 2.68. The summed E-state index contributed by atoms with van der Waals surface area (Å²) in [4.78, 5) is 24.5. The Hall–Kier alpha value is -4.25. The molecule has 0 radical (unpaired) electrons. The molecule has 0 aliphatic carbocycles. The minimum atomic E-state index is -3.86. The van der Waals surface area contributed by atoms with Crippen molar-refractivity contribution in [1.82, 2.24) is 4.57 Å². The first kappa shape index (κ1) is 21.6. The maximum absolute atomic E-state index is 12.7. The minimum Gasteiger partial charge on any atom is -0.486 e. The zero-order chi connectivity index (χ0) is 23.7. The number of nitrogens with one attached hydrogen (secondary N) is 2. The maximum Gasteiger partial charge on any atom is 0.420 e. The van der Waals surface area contributed by atoms with Crippen molar-refractivity contribution in [3.05, 3.63) is 77.3 Å². The van der Waals surface area contributed by atoms with E-state index in [1.165, 1.54) is 28.8 Å². The number of rotatable bonds is 6. The molecule has 1 aromatic heterocycles. The smallest absolute Gasteiger partial charge is 0.420 e. The number of benzene rings is 3. The van der Waals surface area contributed by atoms with Gasteiger partial charge in [-0.05, 0) is 48.5 Å². The van der Waals surface area contributed by atoms with Crippen molar-refractivity contribution < 1.29 is 27.1 Å². The number of hydrogen-bond acceptors (Lipinski definition) is 7. The summed E-state index contributed by atoms with van der Waals surface area (Å²) in [5.41, 5.74) is 1.67. The molecule has 1 amide bonds. The van der Waals surface area contributed by atoms with Crippen LogP contribution in [0, 0.1) is 0 Å². The molecular weight excluding hydrogens is 462 g/mol. The molecule has 5 rings (SSSR count). The molecule has 1 aliphatic heterocycles. The van der Waals surface area contributed by atoms with Crippen molar-refractivity contribution in [3.8, 4) is 11.5 Å². The van der Waals surface area contributed by atoms with E-state index >= 15 is 0 Å². The highest BCUT2D eigenvalue weighted by molar-refractivity contribution is 7.92. The molecule has 0 unspecified atom stereocenters. The number of oxazole rings is 1. The summed E-state index contributed by atoms with van der Waals surface area (Å²) in [7, 11) is -3.86. The number of ether oxygens (including phenoxy) is 2. The Morgan fingerprint density at radius 3 is 2.41 bits per heavy atom. The van der Waals surface area contributed by atoms with Gasteiger partial charge in [-0.25, -0.2) is 13.2 Å². The summed E-state index contributed by atoms with van der Waals surface area (Å²) in [5.74, 6) is -0.189. The Labute approximate surface area is 193 Å². The van der Waals surface area contributed by atoms with Gasteiger partial charge in [-0.3, -0.25) is 14.1 Å². The Morgan fingerprint density at radius 2 is 1.62 bits per heavy atom. The second kappa shape index (κ2) is 8.60. The SMILES string of the molecule is O=C(Cn1c(=O)oc2ccccc21)Nc1ccc(NS(=O)(=O)c2ccc3c(c2)OCCO3)cc1. The fraction of sp³-hybridized carbons (Fsp3) is 0.130. The van der Waals surface area contributed by atoms with Gasteiger partial charge in [0.25, 0.3) is 10.0 Å². The molecule has 10 nitrogen and oxygen atoms in total. The molecule has 174 valence electrons. The van der Waals surface area contributed by atoms with Crippen LogP contribution in [0.4, 0.5) is 11.4 Å². The van der Waals surface area contributed by atoms with Crippen LogP contribution in [0.3, 0.4) is 0 Å². The predicted octanol–water partition coefficient (Wildman–Crippen LogP) is 2.81. The Morgan fingerprint density at radius 1 is 0.912 bits per heavy atom. The number of amides is 1. The van der Waals surface area contributed by atoms with Crippen molar-refractivity contribution in [2.75, 3.05) is 23.3 Å². The first-order valence-corrected chi connectivity index (χ1v) is 11.8. The van der Waals surface area contributed by atoms with E-state index in [9.17, 15) is 18.0 Å². The van der Waals surface area contributed by atoms with Crippen LogP contribution in [0.2, 0.25) is 0 Å². The predicted molar refractivity (Wildman–Crippen MR) is 124 cm³/mol. The molecule has 2 heterocycles. The first-order valence-electron chi connectivity index (χ1n) is 10.3. The number of nitrogens with zero attached hydrogens (tertiary/aromatic N) is 1. The molecule has 0 spiro atoms. The highest BCUT2D eigenvalue weighted by Gasteiger charge is 2.20. The van der Waals surface area contributed by atoms with E-state index in [2.05, 4.69) is 10.0 Å². The molecule has 0 saturated heterocycles. The van der Waals surface area contributed by atoms with Gasteiger partial charge in [-0.1, -0.05) is 12.1 Å². The van der Waals surface area contributed by atoms with E-state index in [1.54, 1.807) is 42.5 Å². The lowest BCUT2D eigenvalue weighted by atomic mass is 10.3. The number of carbonyl (C=O) groups is 1. The molecule has 0 saturated carbocycles. The third-order valence-electron chi connectivity index (χ3n) is 5.12. The zero-order valence-electron chi connectivity index (χ0n) is 17.7. The molecule has 0 bridgehead atoms. The standard InChI is InChI=1S/C23H19N3O7S/c27-22(14-26-18-3-1-2-4-19(18)33-23(26)28)24-15-5-7-16(8-6-15)25-34(29,30)17-9-10-20-21(13-17)32-12-11-31-20/h1-10,13,25H,11-12,14H2,(H,24,27). The number of carbonyl (C=O) groups excluding carboxylic acids is 1. The van der Waals surface area contributed by atoms with Crippen LogP contribution in [0.5, 0.6) is 11.5 Å². The summed E-state index contributed by atoms with van der Waals surface area (Å²) < 4.78 is 45.2. The van der Waals surface area contributed by atoms with Crippen molar-refractivity contribution in [2.24, 2.45) is 0 Å². The fourth-order valence-corrected chi connectivity index (χ4v) is 4.61. The van der Waals surface area contributed by atoms with Crippen LogP contribution in [0.15, 0.2) is 80.8 Å². The third-order valence-corrected chi connectivity index (χ3v) is 6.50. The van der Waals surface area contributed by atoms with E-state index in [-0.39, 0.29) is 11.4 Å². The number of anilines is 2. The summed E-state index contributed by atoms with van der Waals surface area (Å²) in [6.45, 7) is 0.534. The quantitative estimate of drug-likeness (QED) is 0.433. The largest absolute Gasteiger partial charge is 0.486 e. The average molecular weight is 481 g/mol. The fourth-order valence-electron chi connectivity index (χ4n) is 3.53. The topological polar surface area (TPSA) is 129 Å². The third kappa shape index (κ3) is 4.33. The Balaban J connectivity index is 1.26. The van der Waals surface area contributed by atoms with Gasteiger partial charge < -0.3 is 19.2 Å². The van der Waals surface area contributed by atoms with Gasteiger partial charge in [0.2, 0.25) is 5.91 Å². The zero-order valence-corrected chi connectivity index (χ0v) is 18.5. The second-order valence-electron chi connectivity index (χ2n) is 7.46. The van der Waals surface area contributed by atoms with Gasteiger partial charge in [-0.15, -0.1) is 0 Å². The minimum absolute atomic E-state index is 0.0342. The van der Waals surface area contributed by atoms with Crippen molar-refractivity contribution in [2.45, 2.75) is 11.4 Å². The van der Waals surface area contributed by atoms with Crippen molar-refractivity contribution in [1.29, 1.82) is 0 Å². The second-order valence-corrected chi connectivity index (χ2v) is 9.14. The van der Waals surface area contributed by atoms with E-state index in [1.807, 2.05) is 0 Å². The van der Waals surface area contributed by atoms with Crippen LogP contribution in [-0.2, 0) is 21.4 Å². The Kier molecular flexibility index (Phi) is 5.46. The summed E-state index contributed by atoms with van der Waals surface area (Å²) in [6, 6.07) is 17.4.